The molecule has 0 saturated heterocycles. The first-order chi connectivity index (χ1) is 16.0. The lowest BCUT2D eigenvalue weighted by atomic mass is 9.99. The van der Waals surface area contributed by atoms with Crippen LogP contribution in [-0.2, 0) is 20.7 Å². The van der Waals surface area contributed by atoms with E-state index in [1.807, 2.05) is 6.07 Å². The quantitative estimate of drug-likeness (QED) is 0.195. The fourth-order valence-electron chi connectivity index (χ4n) is 3.55. The van der Waals surface area contributed by atoms with Crippen molar-refractivity contribution >= 4 is 46.3 Å². The Morgan fingerprint density at radius 2 is 1.97 bits per heavy atom. The number of phenols is 1. The molecule has 8 nitrogen and oxygen atoms in total. The largest absolute Gasteiger partial charge is 0.506 e. The van der Waals surface area contributed by atoms with Crippen LogP contribution in [0.4, 0.5) is 21.5 Å². The second-order valence-electron chi connectivity index (χ2n) is 8.79. The normalized spacial score (nSPS) is 15.6. The molecule has 1 atom stereocenters. The summed E-state index contributed by atoms with van der Waals surface area (Å²) in [6.07, 6.45) is 0.519. The summed E-state index contributed by atoms with van der Waals surface area (Å²) >= 11 is 5.28. The Hall–Kier alpha value is -3.71. The van der Waals surface area contributed by atoms with E-state index in [1.165, 1.54) is 35.2 Å². The van der Waals surface area contributed by atoms with Crippen LogP contribution in [0.3, 0.4) is 0 Å². The van der Waals surface area contributed by atoms with Crippen molar-refractivity contribution in [3.05, 3.63) is 47.8 Å². The number of amides is 1. The summed E-state index contributed by atoms with van der Waals surface area (Å²) in [5, 5.41) is 25.8. The molecule has 0 radical (unpaired) electrons. The molecule has 2 aromatic carbocycles. The van der Waals surface area contributed by atoms with Crippen molar-refractivity contribution in [1.82, 2.24) is 0 Å². The van der Waals surface area contributed by atoms with Crippen LogP contribution in [0.1, 0.15) is 32.8 Å². The average molecular weight is 485 g/mol. The molecule has 1 aliphatic heterocycles. The Labute approximate surface area is 202 Å². The van der Waals surface area contributed by atoms with E-state index in [4.69, 9.17) is 17.0 Å². The van der Waals surface area contributed by atoms with Crippen molar-refractivity contribution in [2.75, 3.05) is 22.1 Å². The van der Waals surface area contributed by atoms with Gasteiger partial charge in [-0.1, -0.05) is 0 Å². The van der Waals surface area contributed by atoms with E-state index in [1.54, 1.807) is 26.8 Å². The number of nitriles is 1. The number of hydrogen-bond acceptors (Lipinski definition) is 6. The smallest absolute Gasteiger partial charge is 0.319 e. The van der Waals surface area contributed by atoms with Gasteiger partial charge in [0.05, 0.1) is 17.4 Å². The first-order valence-corrected chi connectivity index (χ1v) is 11.0. The standard InChI is InChI=1S/C24H25FN4O4S/c1-24(2,3)33-22(32)17-9-4-14-12-18(20(30)13-19(14)29(11-10-26)21(17)31)28-23(34)27-16-7-5-15(25)6-8-16/h5-8,12-13,17,30H,4,9,11H2,1-3H3,(H2,27,28,34). The van der Waals surface area contributed by atoms with Gasteiger partial charge in [0.15, 0.2) is 5.11 Å². The van der Waals surface area contributed by atoms with Crippen LogP contribution in [-0.4, -0.2) is 34.2 Å². The maximum atomic E-state index is 13.1. The number of nitrogens with zero attached hydrogens (tertiary/aromatic N) is 2. The lowest BCUT2D eigenvalue weighted by molar-refractivity contribution is -0.162. The number of benzene rings is 2. The molecule has 1 amide bonds. The number of carbonyl (C=O) groups is 2. The highest BCUT2D eigenvalue weighted by molar-refractivity contribution is 7.80. The fraction of sp³-hybridized carbons (Fsp3) is 0.333. The van der Waals surface area contributed by atoms with Gasteiger partial charge in [0.2, 0.25) is 5.91 Å². The van der Waals surface area contributed by atoms with Gasteiger partial charge in [-0.15, -0.1) is 0 Å². The van der Waals surface area contributed by atoms with Crippen LogP contribution < -0.4 is 15.5 Å². The van der Waals surface area contributed by atoms with E-state index in [-0.39, 0.29) is 35.3 Å². The number of anilines is 3. The number of aromatic hydroxyl groups is 1. The molecule has 3 N–H and O–H groups in total. The summed E-state index contributed by atoms with van der Waals surface area (Å²) in [6.45, 7) is 4.86. The maximum absolute atomic E-state index is 13.1. The molecule has 0 bridgehead atoms. The van der Waals surface area contributed by atoms with E-state index < -0.39 is 23.4 Å². The zero-order chi connectivity index (χ0) is 25.0. The minimum Gasteiger partial charge on any atom is -0.506 e. The molecule has 178 valence electrons. The number of ether oxygens (including phenoxy) is 1. The van der Waals surface area contributed by atoms with Crippen molar-refractivity contribution < 1.29 is 23.8 Å². The molecule has 2 aromatic rings. The summed E-state index contributed by atoms with van der Waals surface area (Å²) in [4.78, 5) is 27.0. The third-order valence-electron chi connectivity index (χ3n) is 5.02. The van der Waals surface area contributed by atoms with E-state index in [0.717, 1.165) is 0 Å². The molecule has 0 fully saturated rings. The summed E-state index contributed by atoms with van der Waals surface area (Å²) in [5.74, 6) is -2.86. The average Bonchev–Trinajstić information content (AvgIpc) is 2.86. The molecule has 1 heterocycles. The number of hydrogen-bond donors (Lipinski definition) is 3. The predicted octanol–water partition coefficient (Wildman–Crippen LogP) is 4.10. The van der Waals surface area contributed by atoms with Crippen molar-refractivity contribution in [1.29, 1.82) is 5.26 Å². The van der Waals surface area contributed by atoms with Crippen LogP contribution in [0.25, 0.3) is 0 Å². The Morgan fingerprint density at radius 3 is 2.59 bits per heavy atom. The van der Waals surface area contributed by atoms with Gasteiger partial charge in [-0.3, -0.25) is 14.5 Å². The number of esters is 1. The minimum atomic E-state index is -1.07. The second kappa shape index (κ2) is 10.1. The van der Waals surface area contributed by atoms with E-state index in [9.17, 15) is 24.3 Å². The zero-order valence-corrected chi connectivity index (χ0v) is 19.8. The highest BCUT2D eigenvalue weighted by Crippen LogP contribution is 2.37. The van der Waals surface area contributed by atoms with Gasteiger partial charge in [0.25, 0.3) is 0 Å². The van der Waals surface area contributed by atoms with Gasteiger partial charge in [0.1, 0.15) is 29.6 Å². The molecular formula is C24H25FN4O4S. The number of fused-ring (bicyclic) bond motifs is 1. The van der Waals surface area contributed by atoms with Gasteiger partial charge in [-0.05, 0) is 81.7 Å². The molecule has 0 aromatic heterocycles. The number of aryl methyl sites for hydroxylation is 1. The highest BCUT2D eigenvalue weighted by atomic mass is 32.1. The summed E-state index contributed by atoms with van der Waals surface area (Å²) < 4.78 is 18.5. The lowest BCUT2D eigenvalue weighted by Crippen LogP contribution is -2.41. The lowest BCUT2D eigenvalue weighted by Gasteiger charge is -2.26. The number of phenolic OH excluding ortho intramolecular Hbond substituents is 1. The van der Waals surface area contributed by atoms with Crippen LogP contribution in [0.2, 0.25) is 0 Å². The molecule has 34 heavy (non-hydrogen) atoms. The topological polar surface area (TPSA) is 115 Å². The maximum Gasteiger partial charge on any atom is 0.319 e. The molecule has 0 spiro atoms. The van der Waals surface area contributed by atoms with E-state index in [2.05, 4.69) is 10.6 Å². The minimum absolute atomic E-state index is 0.159. The van der Waals surface area contributed by atoms with Gasteiger partial charge in [-0.25, -0.2) is 4.39 Å². The molecule has 1 unspecified atom stereocenters. The third kappa shape index (κ3) is 5.99. The zero-order valence-electron chi connectivity index (χ0n) is 19.0. The molecule has 1 aliphatic rings. The molecule has 0 saturated carbocycles. The SMILES string of the molecule is CC(C)(C)OC(=O)C1CCc2cc(NC(=S)Nc3ccc(F)cc3)c(O)cc2N(CC#N)C1=O. The number of halogens is 1. The summed E-state index contributed by atoms with van der Waals surface area (Å²) in [6, 6.07) is 10.5. The number of thiocarbonyl (C=S) groups is 1. The van der Waals surface area contributed by atoms with Crippen molar-refractivity contribution in [2.24, 2.45) is 5.92 Å². The Kier molecular flexibility index (Phi) is 7.37. The molecule has 10 heteroatoms. The van der Waals surface area contributed by atoms with Crippen molar-refractivity contribution in [3.8, 4) is 11.8 Å². The van der Waals surface area contributed by atoms with Gasteiger partial charge >= 0.3 is 5.97 Å². The van der Waals surface area contributed by atoms with E-state index in [0.29, 0.717) is 23.4 Å². The number of rotatable bonds is 4. The third-order valence-corrected chi connectivity index (χ3v) is 5.23. The molecular weight excluding hydrogens is 459 g/mol. The monoisotopic (exact) mass is 484 g/mol. The van der Waals surface area contributed by atoms with Crippen molar-refractivity contribution in [2.45, 2.75) is 39.2 Å². The predicted molar refractivity (Wildman–Crippen MR) is 130 cm³/mol. The summed E-state index contributed by atoms with van der Waals surface area (Å²) in [7, 11) is 0. The van der Waals surface area contributed by atoms with E-state index >= 15 is 0 Å². The highest BCUT2D eigenvalue weighted by Gasteiger charge is 2.38. The Balaban J connectivity index is 1.86. The van der Waals surface area contributed by atoms with Crippen molar-refractivity contribution in [3.63, 3.8) is 0 Å². The van der Waals surface area contributed by atoms with Gasteiger partial charge in [-0.2, -0.15) is 5.26 Å². The fourth-order valence-corrected chi connectivity index (χ4v) is 3.77. The second-order valence-corrected chi connectivity index (χ2v) is 9.20. The summed E-state index contributed by atoms with van der Waals surface area (Å²) in [5.41, 5.74) is 1.06. The Bertz CT molecular complexity index is 1160. The van der Waals surface area contributed by atoms with Crippen LogP contribution in [0.5, 0.6) is 5.75 Å². The Morgan fingerprint density at radius 1 is 1.29 bits per heavy atom. The molecule has 3 rings (SSSR count). The molecule has 0 aliphatic carbocycles. The van der Waals surface area contributed by atoms with Crippen LogP contribution in [0.15, 0.2) is 36.4 Å². The first-order valence-electron chi connectivity index (χ1n) is 10.6. The number of carbonyl (C=O) groups excluding carboxylic acids is 2. The van der Waals surface area contributed by atoms with Crippen LogP contribution in [0, 0.1) is 23.1 Å². The van der Waals surface area contributed by atoms with Gasteiger partial charge < -0.3 is 20.5 Å². The first kappa shape index (κ1) is 24.9. The van der Waals surface area contributed by atoms with Gasteiger partial charge in [0, 0.05) is 11.8 Å². The van der Waals surface area contributed by atoms with Crippen LogP contribution >= 0.6 is 12.2 Å². The number of nitrogens with one attached hydrogen (secondary N) is 2.